The lowest BCUT2D eigenvalue weighted by molar-refractivity contribution is 0.0921. The quantitative estimate of drug-likeness (QED) is 0.818. The minimum absolute atomic E-state index is 0.214. The number of hydrogen-bond donors (Lipinski definition) is 2. The van der Waals surface area contributed by atoms with Gasteiger partial charge in [-0.05, 0) is 12.1 Å². The van der Waals surface area contributed by atoms with Crippen LogP contribution in [0.25, 0.3) is 0 Å². The van der Waals surface area contributed by atoms with E-state index in [4.69, 9.17) is 4.42 Å². The van der Waals surface area contributed by atoms with Crippen LogP contribution in [-0.4, -0.2) is 15.9 Å². The first kappa shape index (κ1) is 10.5. The molecule has 0 radical (unpaired) electrons. The molecule has 2 aromatic heterocycles. The molecule has 0 aromatic carbocycles. The van der Waals surface area contributed by atoms with Gasteiger partial charge in [0.15, 0.2) is 5.76 Å². The van der Waals surface area contributed by atoms with Gasteiger partial charge < -0.3 is 14.7 Å². The summed E-state index contributed by atoms with van der Waals surface area (Å²) in [6.45, 7) is 2.39. The van der Waals surface area contributed by atoms with Gasteiger partial charge in [0.1, 0.15) is 5.76 Å². The fourth-order valence-corrected chi connectivity index (χ4v) is 1.33. The topological polar surface area (TPSA) is 70.9 Å². The maximum Gasteiger partial charge on any atom is 0.287 e. The van der Waals surface area contributed by atoms with E-state index in [9.17, 15) is 4.79 Å². The van der Waals surface area contributed by atoms with Gasteiger partial charge >= 0.3 is 0 Å². The molecule has 0 spiro atoms. The second kappa shape index (κ2) is 4.65. The third kappa shape index (κ3) is 2.31. The van der Waals surface area contributed by atoms with Crippen LogP contribution >= 0.6 is 0 Å². The molecular formula is C11H13N3O2. The predicted octanol–water partition coefficient (Wildman–Crippen LogP) is 1.50. The van der Waals surface area contributed by atoms with E-state index in [1.165, 1.54) is 0 Å². The number of nitrogens with one attached hydrogen (secondary N) is 2. The zero-order valence-electron chi connectivity index (χ0n) is 8.99. The third-order valence-corrected chi connectivity index (χ3v) is 2.23. The Morgan fingerprint density at radius 1 is 1.56 bits per heavy atom. The van der Waals surface area contributed by atoms with Gasteiger partial charge in [-0.3, -0.25) is 4.79 Å². The Labute approximate surface area is 92.9 Å². The maximum absolute atomic E-state index is 11.6. The summed E-state index contributed by atoms with van der Waals surface area (Å²) in [5.41, 5.74) is 0.857. The lowest BCUT2D eigenvalue weighted by Crippen LogP contribution is -2.22. The molecule has 2 rings (SSSR count). The van der Waals surface area contributed by atoms with Gasteiger partial charge in [0, 0.05) is 12.6 Å². The van der Waals surface area contributed by atoms with E-state index in [2.05, 4.69) is 15.3 Å². The molecule has 0 fully saturated rings. The van der Waals surface area contributed by atoms with Crippen molar-refractivity contribution in [2.45, 2.75) is 19.9 Å². The van der Waals surface area contributed by atoms with E-state index in [1.54, 1.807) is 18.6 Å². The smallest absolute Gasteiger partial charge is 0.287 e. The summed E-state index contributed by atoms with van der Waals surface area (Å²) >= 11 is 0. The van der Waals surface area contributed by atoms with Crippen LogP contribution in [0.1, 0.15) is 28.9 Å². The second-order valence-electron chi connectivity index (χ2n) is 3.38. The number of rotatable bonds is 4. The fraction of sp³-hybridized carbons (Fsp3) is 0.273. The van der Waals surface area contributed by atoms with Crippen molar-refractivity contribution >= 4 is 5.91 Å². The third-order valence-electron chi connectivity index (χ3n) is 2.23. The van der Waals surface area contributed by atoms with E-state index >= 15 is 0 Å². The highest BCUT2D eigenvalue weighted by molar-refractivity contribution is 5.91. The number of carbonyl (C=O) groups is 1. The van der Waals surface area contributed by atoms with Crippen molar-refractivity contribution in [2.75, 3.05) is 0 Å². The molecule has 0 saturated carbocycles. The maximum atomic E-state index is 11.6. The van der Waals surface area contributed by atoms with Gasteiger partial charge in [0.25, 0.3) is 5.91 Å². The van der Waals surface area contributed by atoms with Crippen LogP contribution in [0, 0.1) is 0 Å². The number of hydrogen-bond acceptors (Lipinski definition) is 3. The number of nitrogens with zero attached hydrogens (tertiary/aromatic N) is 1. The number of furan rings is 1. The molecule has 5 heteroatoms. The molecule has 2 N–H and O–H groups in total. The van der Waals surface area contributed by atoms with Gasteiger partial charge in [-0.25, -0.2) is 4.98 Å². The van der Waals surface area contributed by atoms with E-state index in [1.807, 2.05) is 13.0 Å². The summed E-state index contributed by atoms with van der Waals surface area (Å²) in [7, 11) is 0. The molecule has 16 heavy (non-hydrogen) atoms. The highest BCUT2D eigenvalue weighted by atomic mass is 16.3. The van der Waals surface area contributed by atoms with Crippen molar-refractivity contribution in [1.29, 1.82) is 0 Å². The van der Waals surface area contributed by atoms with Gasteiger partial charge in [-0.1, -0.05) is 6.92 Å². The summed E-state index contributed by atoms with van der Waals surface area (Å²) in [6.07, 6.45) is 4.03. The molecule has 0 aliphatic rings. The van der Waals surface area contributed by atoms with Crippen molar-refractivity contribution in [1.82, 2.24) is 15.3 Å². The van der Waals surface area contributed by atoms with Crippen LogP contribution < -0.4 is 5.32 Å². The molecular weight excluding hydrogens is 206 g/mol. The minimum Gasteiger partial charge on any atom is -0.456 e. The van der Waals surface area contributed by atoms with E-state index in [-0.39, 0.29) is 5.91 Å². The fourth-order valence-electron chi connectivity index (χ4n) is 1.33. The summed E-state index contributed by atoms with van der Waals surface area (Å²) in [6, 6.07) is 3.49. The Bertz CT molecular complexity index is 459. The Hall–Kier alpha value is -2.04. The number of aromatic nitrogens is 2. The Kier molecular flexibility index (Phi) is 3.05. The van der Waals surface area contributed by atoms with E-state index < -0.39 is 0 Å². The average Bonchev–Trinajstić information content (AvgIpc) is 2.96. The highest BCUT2D eigenvalue weighted by Crippen LogP contribution is 2.08. The standard InChI is InChI=1S/C11H13N3O2/c1-2-9-3-4-10(16-9)11(15)13-6-8-5-12-7-14-8/h3-5,7H,2,6H2,1H3,(H,12,14)(H,13,15). The lowest BCUT2D eigenvalue weighted by atomic mass is 10.3. The molecule has 0 unspecified atom stereocenters. The van der Waals surface area contributed by atoms with Crippen LogP contribution in [0.15, 0.2) is 29.1 Å². The number of aromatic amines is 1. The van der Waals surface area contributed by atoms with Crippen LogP contribution in [0.2, 0.25) is 0 Å². The van der Waals surface area contributed by atoms with Crippen molar-refractivity contribution in [3.8, 4) is 0 Å². The van der Waals surface area contributed by atoms with E-state index in [0.717, 1.165) is 17.9 Å². The summed E-state index contributed by atoms with van der Waals surface area (Å²) in [4.78, 5) is 18.4. The van der Waals surface area contributed by atoms with Crippen molar-refractivity contribution in [3.63, 3.8) is 0 Å². The molecule has 0 atom stereocenters. The number of carbonyl (C=O) groups excluding carboxylic acids is 1. The van der Waals surface area contributed by atoms with Gasteiger partial charge in [-0.15, -0.1) is 0 Å². The molecule has 0 saturated heterocycles. The zero-order chi connectivity index (χ0) is 11.4. The van der Waals surface area contributed by atoms with Crippen molar-refractivity contribution in [3.05, 3.63) is 41.9 Å². The van der Waals surface area contributed by atoms with Crippen LogP contribution in [0.5, 0.6) is 0 Å². The Morgan fingerprint density at radius 2 is 2.44 bits per heavy atom. The molecule has 1 amide bonds. The van der Waals surface area contributed by atoms with Crippen LogP contribution in [0.4, 0.5) is 0 Å². The first-order valence-electron chi connectivity index (χ1n) is 5.13. The number of amides is 1. The molecule has 84 valence electrons. The summed E-state index contributed by atoms with van der Waals surface area (Å²) < 4.78 is 5.33. The Balaban J connectivity index is 1.93. The normalized spacial score (nSPS) is 10.3. The first-order valence-corrected chi connectivity index (χ1v) is 5.13. The minimum atomic E-state index is -0.214. The number of H-pyrrole nitrogens is 1. The molecule has 2 heterocycles. The second-order valence-corrected chi connectivity index (χ2v) is 3.38. The molecule has 2 aromatic rings. The summed E-state index contributed by atoms with van der Waals surface area (Å²) in [5, 5.41) is 2.73. The SMILES string of the molecule is CCc1ccc(C(=O)NCc2cnc[nH]2)o1. The molecule has 5 nitrogen and oxygen atoms in total. The van der Waals surface area contributed by atoms with Gasteiger partial charge in [-0.2, -0.15) is 0 Å². The zero-order valence-corrected chi connectivity index (χ0v) is 8.99. The molecule has 0 aliphatic carbocycles. The first-order chi connectivity index (χ1) is 7.79. The largest absolute Gasteiger partial charge is 0.456 e. The van der Waals surface area contributed by atoms with Crippen LogP contribution in [0.3, 0.4) is 0 Å². The lowest BCUT2D eigenvalue weighted by Gasteiger charge is -2.00. The van der Waals surface area contributed by atoms with Gasteiger partial charge in [0.2, 0.25) is 0 Å². The molecule has 0 aliphatic heterocycles. The molecule has 0 bridgehead atoms. The average molecular weight is 219 g/mol. The monoisotopic (exact) mass is 219 g/mol. The number of imidazole rings is 1. The highest BCUT2D eigenvalue weighted by Gasteiger charge is 2.10. The predicted molar refractivity (Wildman–Crippen MR) is 57.8 cm³/mol. The number of aryl methyl sites for hydroxylation is 1. The van der Waals surface area contributed by atoms with Crippen molar-refractivity contribution in [2.24, 2.45) is 0 Å². The summed E-state index contributed by atoms with van der Waals surface area (Å²) in [5.74, 6) is 0.942. The van der Waals surface area contributed by atoms with Crippen molar-refractivity contribution < 1.29 is 9.21 Å². The Morgan fingerprint density at radius 3 is 3.06 bits per heavy atom. The van der Waals surface area contributed by atoms with Crippen LogP contribution in [-0.2, 0) is 13.0 Å². The van der Waals surface area contributed by atoms with Gasteiger partial charge in [0.05, 0.1) is 18.6 Å². The van der Waals surface area contributed by atoms with E-state index in [0.29, 0.717) is 12.3 Å².